The molecule has 1 heterocycles. The van der Waals surface area contributed by atoms with Crippen LogP contribution in [0.2, 0.25) is 0 Å². The second-order valence-electron chi connectivity index (χ2n) is 3.09. The molecule has 17 heavy (non-hydrogen) atoms. The monoisotopic (exact) mass is 256 g/mol. The molecule has 9 heteroatoms. The van der Waals surface area contributed by atoms with Crippen molar-refractivity contribution in [2.45, 2.75) is 19.5 Å². The Morgan fingerprint density at radius 2 is 1.94 bits per heavy atom. The van der Waals surface area contributed by atoms with Crippen molar-refractivity contribution < 1.29 is 26.9 Å². The topological polar surface area (TPSA) is 56.0 Å². The summed E-state index contributed by atoms with van der Waals surface area (Å²) >= 11 is 0. The average molecular weight is 256 g/mol. The van der Waals surface area contributed by atoms with Crippen molar-refractivity contribution >= 4 is 5.69 Å². The Kier molecular flexibility index (Phi) is 3.30. The lowest BCUT2D eigenvalue weighted by molar-refractivity contribution is -0.388. The minimum atomic E-state index is -5.06. The van der Waals surface area contributed by atoms with Crippen molar-refractivity contribution in [3.63, 3.8) is 0 Å². The lowest BCUT2D eigenvalue weighted by Crippen LogP contribution is -2.13. The summed E-state index contributed by atoms with van der Waals surface area (Å²) in [6.45, 7) is 0.931. The van der Waals surface area contributed by atoms with E-state index in [1.54, 1.807) is 0 Å². The van der Waals surface area contributed by atoms with Gasteiger partial charge in [-0.3, -0.25) is 10.1 Å². The van der Waals surface area contributed by atoms with Gasteiger partial charge < -0.3 is 0 Å². The molecular formula is C8H5F5N2O2. The van der Waals surface area contributed by atoms with Gasteiger partial charge in [0.2, 0.25) is 5.69 Å². The van der Waals surface area contributed by atoms with Gasteiger partial charge in [-0.15, -0.1) is 0 Å². The van der Waals surface area contributed by atoms with E-state index in [1.165, 1.54) is 0 Å². The van der Waals surface area contributed by atoms with E-state index >= 15 is 0 Å². The minimum Gasteiger partial charge on any atom is -0.258 e. The molecule has 0 unspecified atom stereocenters. The van der Waals surface area contributed by atoms with Crippen LogP contribution >= 0.6 is 0 Å². The molecule has 1 aromatic rings. The Morgan fingerprint density at radius 3 is 2.29 bits per heavy atom. The summed E-state index contributed by atoms with van der Waals surface area (Å²) in [6.07, 6.45) is -8.18. The summed E-state index contributed by atoms with van der Waals surface area (Å²) in [5, 5.41) is 10.4. The molecule has 0 aliphatic rings. The lowest BCUT2D eigenvalue weighted by atomic mass is 10.1. The molecule has 0 fully saturated rings. The van der Waals surface area contributed by atoms with Crippen LogP contribution in [0.15, 0.2) is 6.07 Å². The van der Waals surface area contributed by atoms with Gasteiger partial charge in [0.25, 0.3) is 6.43 Å². The number of alkyl halides is 5. The van der Waals surface area contributed by atoms with Crippen LogP contribution in [-0.2, 0) is 6.18 Å². The number of nitrogens with zero attached hydrogens (tertiary/aromatic N) is 2. The van der Waals surface area contributed by atoms with Gasteiger partial charge in [0, 0.05) is 17.3 Å². The molecule has 0 amide bonds. The van der Waals surface area contributed by atoms with E-state index in [0.717, 1.165) is 6.92 Å². The van der Waals surface area contributed by atoms with Crippen LogP contribution in [0, 0.1) is 17.0 Å². The van der Waals surface area contributed by atoms with E-state index in [1.807, 2.05) is 0 Å². The maximum absolute atomic E-state index is 12.4. The Bertz CT molecular complexity index is 458. The van der Waals surface area contributed by atoms with E-state index in [4.69, 9.17) is 0 Å². The molecule has 0 radical (unpaired) electrons. The summed E-state index contributed by atoms with van der Waals surface area (Å²) in [5.41, 5.74) is -4.72. The zero-order valence-electron chi connectivity index (χ0n) is 8.26. The van der Waals surface area contributed by atoms with Crippen LogP contribution in [0.25, 0.3) is 0 Å². The van der Waals surface area contributed by atoms with Crippen molar-refractivity contribution in [1.82, 2.24) is 4.98 Å². The zero-order chi connectivity index (χ0) is 13.4. The fraction of sp³-hybridized carbons (Fsp3) is 0.375. The normalized spacial score (nSPS) is 11.9. The van der Waals surface area contributed by atoms with Crippen molar-refractivity contribution in [2.24, 2.45) is 0 Å². The molecule has 1 rings (SSSR count). The van der Waals surface area contributed by atoms with Gasteiger partial charge in [0.15, 0.2) is 0 Å². The van der Waals surface area contributed by atoms with Gasteiger partial charge in [-0.1, -0.05) is 0 Å². The van der Waals surface area contributed by atoms with Crippen molar-refractivity contribution in [3.8, 4) is 0 Å². The van der Waals surface area contributed by atoms with E-state index in [2.05, 4.69) is 4.98 Å². The Hall–Kier alpha value is -1.80. The predicted octanol–water partition coefficient (Wildman–Crippen LogP) is 3.25. The maximum atomic E-state index is 12.4. The molecule has 0 aromatic carbocycles. The SMILES string of the molecule is Cc1nc(C(F)(F)F)c([N+](=O)[O-])cc1C(F)F. The molecular weight excluding hydrogens is 251 g/mol. The predicted molar refractivity (Wildman–Crippen MR) is 45.6 cm³/mol. The van der Waals surface area contributed by atoms with E-state index in [9.17, 15) is 32.1 Å². The van der Waals surface area contributed by atoms with Crippen LogP contribution in [0.1, 0.15) is 23.4 Å². The molecule has 94 valence electrons. The molecule has 0 aliphatic heterocycles. The highest BCUT2D eigenvalue weighted by Gasteiger charge is 2.41. The molecule has 0 saturated heterocycles. The highest BCUT2D eigenvalue weighted by Crippen LogP contribution is 2.37. The van der Waals surface area contributed by atoms with Crippen LogP contribution in [0.5, 0.6) is 0 Å². The zero-order valence-corrected chi connectivity index (χ0v) is 8.26. The number of hydrogen-bond donors (Lipinski definition) is 0. The number of pyridine rings is 1. The van der Waals surface area contributed by atoms with Gasteiger partial charge >= 0.3 is 11.9 Å². The van der Waals surface area contributed by atoms with E-state index < -0.39 is 40.2 Å². The molecule has 0 spiro atoms. The number of rotatable bonds is 2. The van der Waals surface area contributed by atoms with E-state index in [0.29, 0.717) is 0 Å². The summed E-state index contributed by atoms with van der Waals surface area (Å²) in [5.74, 6) is 0. The summed E-state index contributed by atoms with van der Waals surface area (Å²) in [7, 11) is 0. The summed E-state index contributed by atoms with van der Waals surface area (Å²) < 4.78 is 61.8. The molecule has 0 atom stereocenters. The van der Waals surface area contributed by atoms with Crippen molar-refractivity contribution in [1.29, 1.82) is 0 Å². The fourth-order valence-corrected chi connectivity index (χ4v) is 1.18. The summed E-state index contributed by atoms with van der Waals surface area (Å²) in [6, 6.07) is 0.204. The molecule has 1 aromatic heterocycles. The van der Waals surface area contributed by atoms with Crippen molar-refractivity contribution in [3.05, 3.63) is 33.1 Å². The Morgan fingerprint density at radius 1 is 1.41 bits per heavy atom. The van der Waals surface area contributed by atoms with Gasteiger partial charge in [-0.25, -0.2) is 13.8 Å². The number of hydrogen-bond acceptors (Lipinski definition) is 3. The number of aromatic nitrogens is 1. The first kappa shape index (κ1) is 13.3. The highest BCUT2D eigenvalue weighted by molar-refractivity contribution is 5.42. The van der Waals surface area contributed by atoms with Crippen LogP contribution in [0.3, 0.4) is 0 Å². The highest BCUT2D eigenvalue weighted by atomic mass is 19.4. The largest absolute Gasteiger partial charge is 0.440 e. The van der Waals surface area contributed by atoms with Crippen molar-refractivity contribution in [2.75, 3.05) is 0 Å². The third-order valence-corrected chi connectivity index (χ3v) is 1.93. The third kappa shape index (κ3) is 2.66. The van der Waals surface area contributed by atoms with Crippen LogP contribution < -0.4 is 0 Å². The average Bonchev–Trinajstić information content (AvgIpc) is 2.14. The van der Waals surface area contributed by atoms with Gasteiger partial charge in [-0.05, 0) is 6.92 Å². The first-order chi connectivity index (χ1) is 7.64. The molecule has 0 aliphatic carbocycles. The smallest absolute Gasteiger partial charge is 0.258 e. The third-order valence-electron chi connectivity index (χ3n) is 1.93. The molecule has 0 N–H and O–H groups in total. The lowest BCUT2D eigenvalue weighted by Gasteiger charge is -2.10. The number of aryl methyl sites for hydroxylation is 1. The molecule has 0 saturated carbocycles. The quantitative estimate of drug-likeness (QED) is 0.463. The molecule has 4 nitrogen and oxygen atoms in total. The molecule has 0 bridgehead atoms. The van der Waals surface area contributed by atoms with E-state index in [-0.39, 0.29) is 6.07 Å². The second-order valence-corrected chi connectivity index (χ2v) is 3.09. The standard InChI is InChI=1S/C8H5F5N2O2/c1-3-4(7(9)10)2-5(15(16)17)6(14-3)8(11,12)13/h2,7H,1H3. The maximum Gasteiger partial charge on any atom is 0.440 e. The van der Waals surface area contributed by atoms with Gasteiger partial charge in [0.1, 0.15) is 0 Å². The first-order valence-electron chi connectivity index (χ1n) is 4.16. The Balaban J connectivity index is 3.53. The minimum absolute atomic E-state index is 0.204. The second kappa shape index (κ2) is 4.22. The van der Waals surface area contributed by atoms with Gasteiger partial charge in [-0.2, -0.15) is 13.2 Å². The fourth-order valence-electron chi connectivity index (χ4n) is 1.18. The van der Waals surface area contributed by atoms with Crippen LogP contribution in [-0.4, -0.2) is 9.91 Å². The summed E-state index contributed by atoms with van der Waals surface area (Å²) in [4.78, 5) is 11.8. The number of nitro groups is 1. The number of halogens is 5. The van der Waals surface area contributed by atoms with Crippen LogP contribution in [0.4, 0.5) is 27.6 Å². The first-order valence-corrected chi connectivity index (χ1v) is 4.16. The van der Waals surface area contributed by atoms with Gasteiger partial charge in [0.05, 0.1) is 4.92 Å². The Labute approximate surface area is 91.2 Å².